The van der Waals surface area contributed by atoms with Gasteiger partial charge in [-0.15, -0.1) is 11.8 Å². The molecule has 0 amide bonds. The number of hydrogen-bond donors (Lipinski definition) is 1. The molecule has 1 rings (SSSR count). The van der Waals surface area contributed by atoms with Crippen LogP contribution in [0.25, 0.3) is 0 Å². The highest BCUT2D eigenvalue weighted by molar-refractivity contribution is 8.00. The zero-order chi connectivity index (χ0) is 11.6. The Bertz CT molecular complexity index is 385. The minimum Gasteiger partial charge on any atom is -0.477 e. The third-order valence-electron chi connectivity index (χ3n) is 1.44. The molecule has 0 aliphatic carbocycles. The topological polar surface area (TPSA) is 63.1 Å². The van der Waals surface area contributed by atoms with Crippen molar-refractivity contribution >= 4 is 17.7 Å². The van der Waals surface area contributed by atoms with Crippen LogP contribution in [-0.2, 0) is 0 Å². The molecule has 15 heavy (non-hydrogen) atoms. The third kappa shape index (κ3) is 3.87. The van der Waals surface area contributed by atoms with E-state index in [2.05, 4.69) is 30.7 Å². The smallest absolute Gasteiger partial charge is 0.354 e. The van der Waals surface area contributed by atoms with Crippen molar-refractivity contribution in [3.8, 4) is 0 Å². The Labute approximate surface area is 93.1 Å². The van der Waals surface area contributed by atoms with Crippen molar-refractivity contribution in [2.24, 2.45) is 0 Å². The summed E-state index contributed by atoms with van der Waals surface area (Å²) >= 11 is 1.53. The van der Waals surface area contributed by atoms with E-state index in [1.165, 1.54) is 17.8 Å². The van der Waals surface area contributed by atoms with Gasteiger partial charge in [0.15, 0.2) is 5.69 Å². The molecule has 0 saturated carbocycles. The zero-order valence-corrected chi connectivity index (χ0v) is 10.1. The Balaban J connectivity index is 3.04. The van der Waals surface area contributed by atoms with Crippen LogP contribution in [0.5, 0.6) is 0 Å². The second-order valence-corrected chi connectivity index (χ2v) is 6.01. The Morgan fingerprint density at radius 2 is 2.00 bits per heavy atom. The number of rotatable bonds is 2. The summed E-state index contributed by atoms with van der Waals surface area (Å²) in [6.45, 7) is 7.85. The number of nitrogens with zero attached hydrogens (tertiary/aromatic N) is 2. The number of carbonyl (C=O) groups is 1. The first-order valence-electron chi connectivity index (χ1n) is 4.56. The molecule has 0 atom stereocenters. The molecule has 0 bridgehead atoms. The van der Waals surface area contributed by atoms with Gasteiger partial charge in [-0.2, -0.15) is 0 Å². The molecule has 1 aromatic heterocycles. The summed E-state index contributed by atoms with van der Waals surface area (Å²) in [7, 11) is 0. The van der Waals surface area contributed by atoms with Crippen molar-refractivity contribution in [1.82, 2.24) is 9.97 Å². The molecule has 5 heteroatoms. The average Bonchev–Trinajstić information content (AvgIpc) is 1.99. The van der Waals surface area contributed by atoms with Crippen molar-refractivity contribution in [1.29, 1.82) is 0 Å². The molecular weight excluding hydrogens is 212 g/mol. The van der Waals surface area contributed by atoms with Crippen LogP contribution in [0, 0.1) is 6.92 Å². The van der Waals surface area contributed by atoms with E-state index in [9.17, 15) is 4.79 Å². The molecular formula is C10H14N2O2S. The van der Waals surface area contributed by atoms with E-state index in [0.29, 0.717) is 10.9 Å². The molecule has 0 radical (unpaired) electrons. The van der Waals surface area contributed by atoms with E-state index in [1.807, 2.05) is 0 Å². The summed E-state index contributed by atoms with van der Waals surface area (Å²) in [6, 6.07) is 1.51. The van der Waals surface area contributed by atoms with Crippen molar-refractivity contribution in [2.75, 3.05) is 0 Å². The van der Waals surface area contributed by atoms with Crippen molar-refractivity contribution in [2.45, 2.75) is 37.5 Å². The Morgan fingerprint density at radius 1 is 1.40 bits per heavy atom. The van der Waals surface area contributed by atoms with Crippen molar-refractivity contribution in [3.05, 3.63) is 17.6 Å². The van der Waals surface area contributed by atoms with Crippen LogP contribution in [-0.4, -0.2) is 25.8 Å². The average molecular weight is 226 g/mol. The van der Waals surface area contributed by atoms with Gasteiger partial charge in [-0.1, -0.05) is 20.8 Å². The van der Waals surface area contributed by atoms with E-state index in [0.717, 1.165) is 0 Å². The standard InChI is InChI=1S/C10H14N2O2S/c1-6-11-7(9(13)14)5-8(12-6)15-10(2,3)4/h5H,1-4H3,(H,13,14). The summed E-state index contributed by atoms with van der Waals surface area (Å²) in [4.78, 5) is 18.8. The Morgan fingerprint density at radius 3 is 2.47 bits per heavy atom. The van der Waals surface area contributed by atoms with Gasteiger partial charge in [-0.05, 0) is 6.92 Å². The fourth-order valence-corrected chi connectivity index (χ4v) is 1.99. The number of thioether (sulfide) groups is 1. The molecule has 4 nitrogen and oxygen atoms in total. The molecule has 82 valence electrons. The van der Waals surface area contributed by atoms with Gasteiger partial charge in [0.25, 0.3) is 0 Å². The Kier molecular flexibility index (Phi) is 3.34. The molecule has 1 heterocycles. The molecule has 0 aliphatic heterocycles. The van der Waals surface area contributed by atoms with Crippen LogP contribution < -0.4 is 0 Å². The molecule has 0 unspecified atom stereocenters. The largest absolute Gasteiger partial charge is 0.477 e. The second kappa shape index (κ2) is 4.18. The summed E-state index contributed by atoms with van der Waals surface area (Å²) in [5.41, 5.74) is 0.0502. The molecule has 0 aliphatic rings. The molecule has 0 fully saturated rings. The lowest BCUT2D eigenvalue weighted by Gasteiger charge is -2.16. The highest BCUT2D eigenvalue weighted by Crippen LogP contribution is 2.30. The number of carboxylic acids is 1. The van der Waals surface area contributed by atoms with Gasteiger partial charge in [0.05, 0.1) is 0 Å². The minimum atomic E-state index is -1.02. The number of aryl methyl sites for hydroxylation is 1. The highest BCUT2D eigenvalue weighted by Gasteiger charge is 2.16. The van der Waals surface area contributed by atoms with Crippen LogP contribution in [0.15, 0.2) is 11.1 Å². The summed E-state index contributed by atoms with van der Waals surface area (Å²) in [5, 5.41) is 9.53. The van der Waals surface area contributed by atoms with Crippen LogP contribution in [0.4, 0.5) is 0 Å². The first kappa shape index (κ1) is 12.0. The van der Waals surface area contributed by atoms with Gasteiger partial charge >= 0.3 is 5.97 Å². The molecule has 1 N–H and O–H groups in total. The number of aromatic nitrogens is 2. The number of aromatic carboxylic acids is 1. The summed E-state index contributed by atoms with van der Waals surface area (Å²) < 4.78 is 0.0105. The quantitative estimate of drug-likeness (QED) is 0.619. The summed E-state index contributed by atoms with van der Waals surface area (Å²) in [6.07, 6.45) is 0. The van der Waals surface area contributed by atoms with E-state index < -0.39 is 5.97 Å². The van der Waals surface area contributed by atoms with Gasteiger partial charge in [0, 0.05) is 10.8 Å². The van der Waals surface area contributed by atoms with Crippen LogP contribution in [0.2, 0.25) is 0 Å². The SMILES string of the molecule is Cc1nc(SC(C)(C)C)cc(C(=O)O)n1. The van der Waals surface area contributed by atoms with Gasteiger partial charge in [0.1, 0.15) is 10.9 Å². The number of carboxylic acid groups (broad SMARTS) is 1. The van der Waals surface area contributed by atoms with E-state index in [-0.39, 0.29) is 10.4 Å². The predicted molar refractivity (Wildman–Crippen MR) is 59.3 cm³/mol. The maximum atomic E-state index is 10.8. The molecule has 1 aromatic rings. The predicted octanol–water partition coefficient (Wildman–Crippen LogP) is 2.37. The summed E-state index contributed by atoms with van der Waals surface area (Å²) in [5.74, 6) is -0.530. The van der Waals surface area contributed by atoms with Crippen LogP contribution in [0.3, 0.4) is 0 Å². The van der Waals surface area contributed by atoms with E-state index >= 15 is 0 Å². The monoisotopic (exact) mass is 226 g/mol. The zero-order valence-electron chi connectivity index (χ0n) is 9.24. The Hall–Kier alpha value is -1.10. The van der Waals surface area contributed by atoms with Crippen LogP contribution in [0.1, 0.15) is 37.1 Å². The lowest BCUT2D eigenvalue weighted by Crippen LogP contribution is -2.10. The second-order valence-electron chi connectivity index (χ2n) is 4.16. The first-order valence-corrected chi connectivity index (χ1v) is 5.37. The normalized spacial score (nSPS) is 11.5. The van der Waals surface area contributed by atoms with Gasteiger partial charge in [-0.25, -0.2) is 14.8 Å². The van der Waals surface area contributed by atoms with Crippen LogP contribution >= 0.6 is 11.8 Å². The fraction of sp³-hybridized carbons (Fsp3) is 0.500. The van der Waals surface area contributed by atoms with Crippen molar-refractivity contribution in [3.63, 3.8) is 0 Å². The number of hydrogen-bond acceptors (Lipinski definition) is 4. The first-order chi connectivity index (χ1) is 6.78. The molecule has 0 saturated heterocycles. The fourth-order valence-electron chi connectivity index (χ4n) is 1.02. The third-order valence-corrected chi connectivity index (χ3v) is 2.47. The van der Waals surface area contributed by atoms with E-state index in [1.54, 1.807) is 6.92 Å². The van der Waals surface area contributed by atoms with Gasteiger partial charge in [0.2, 0.25) is 0 Å². The highest BCUT2D eigenvalue weighted by atomic mass is 32.2. The van der Waals surface area contributed by atoms with E-state index in [4.69, 9.17) is 5.11 Å². The maximum Gasteiger partial charge on any atom is 0.354 e. The van der Waals surface area contributed by atoms with Gasteiger partial charge in [-0.3, -0.25) is 0 Å². The maximum absolute atomic E-state index is 10.8. The molecule has 0 spiro atoms. The lowest BCUT2D eigenvalue weighted by molar-refractivity contribution is 0.0689. The minimum absolute atomic E-state index is 0.0105. The van der Waals surface area contributed by atoms with Crippen molar-refractivity contribution < 1.29 is 9.90 Å². The molecule has 0 aromatic carbocycles. The van der Waals surface area contributed by atoms with Gasteiger partial charge < -0.3 is 5.11 Å². The lowest BCUT2D eigenvalue weighted by atomic mass is 10.3.